The molecule has 0 aliphatic carbocycles. The lowest BCUT2D eigenvalue weighted by Gasteiger charge is -2.17. The van der Waals surface area contributed by atoms with Crippen molar-refractivity contribution in [3.8, 4) is 12.0 Å². The van der Waals surface area contributed by atoms with Gasteiger partial charge in [0.25, 0.3) is 0 Å². The van der Waals surface area contributed by atoms with Gasteiger partial charge in [0.15, 0.2) is 0 Å². The van der Waals surface area contributed by atoms with E-state index in [-0.39, 0.29) is 22.7 Å². The first-order chi connectivity index (χ1) is 8.40. The standard InChI is InChI=1S/C12H20ClN3O2/c1-5-7-17-10-14-9(13)15-11(16-10)18-8-6-12(2,3)4/h5-8H2,1-4H3. The molecule has 0 aliphatic rings. The third-order valence-corrected chi connectivity index (χ3v) is 2.25. The summed E-state index contributed by atoms with van der Waals surface area (Å²) in [6.07, 6.45) is 1.78. The highest BCUT2D eigenvalue weighted by atomic mass is 35.5. The summed E-state index contributed by atoms with van der Waals surface area (Å²) >= 11 is 5.78. The van der Waals surface area contributed by atoms with Crippen molar-refractivity contribution in [3.63, 3.8) is 0 Å². The van der Waals surface area contributed by atoms with E-state index in [4.69, 9.17) is 21.1 Å². The Morgan fingerprint density at radius 1 is 1.00 bits per heavy atom. The number of halogens is 1. The van der Waals surface area contributed by atoms with E-state index in [0.29, 0.717) is 13.2 Å². The Morgan fingerprint density at radius 3 is 2.06 bits per heavy atom. The van der Waals surface area contributed by atoms with Gasteiger partial charge in [-0.2, -0.15) is 9.97 Å². The molecule has 18 heavy (non-hydrogen) atoms. The van der Waals surface area contributed by atoms with Crippen LogP contribution in [-0.4, -0.2) is 28.2 Å². The molecule has 102 valence electrons. The van der Waals surface area contributed by atoms with Crippen molar-refractivity contribution in [2.24, 2.45) is 5.41 Å². The fraction of sp³-hybridized carbons (Fsp3) is 0.750. The van der Waals surface area contributed by atoms with Crippen LogP contribution in [0.3, 0.4) is 0 Å². The van der Waals surface area contributed by atoms with E-state index in [2.05, 4.69) is 35.7 Å². The van der Waals surface area contributed by atoms with E-state index < -0.39 is 0 Å². The third-order valence-electron chi connectivity index (χ3n) is 2.09. The van der Waals surface area contributed by atoms with Crippen LogP contribution >= 0.6 is 11.6 Å². The Balaban J connectivity index is 2.57. The number of nitrogens with zero attached hydrogens (tertiary/aromatic N) is 3. The number of hydrogen-bond donors (Lipinski definition) is 0. The van der Waals surface area contributed by atoms with Crippen molar-refractivity contribution in [3.05, 3.63) is 5.28 Å². The summed E-state index contributed by atoms with van der Waals surface area (Å²) in [5.41, 5.74) is 0.207. The summed E-state index contributed by atoms with van der Waals surface area (Å²) in [5.74, 6) is 0. The first-order valence-corrected chi connectivity index (χ1v) is 6.45. The maximum Gasteiger partial charge on any atom is 0.323 e. The molecule has 1 rings (SSSR count). The Bertz CT molecular complexity index is 380. The van der Waals surface area contributed by atoms with Crippen LogP contribution in [0.1, 0.15) is 40.5 Å². The van der Waals surface area contributed by atoms with Crippen molar-refractivity contribution in [2.45, 2.75) is 40.5 Å². The predicted octanol–water partition coefficient (Wildman–Crippen LogP) is 3.13. The second-order valence-electron chi connectivity index (χ2n) is 5.18. The number of ether oxygens (including phenoxy) is 2. The van der Waals surface area contributed by atoms with Gasteiger partial charge >= 0.3 is 12.0 Å². The molecule has 0 aromatic carbocycles. The van der Waals surface area contributed by atoms with Crippen LogP contribution in [0, 0.1) is 5.41 Å². The zero-order valence-electron chi connectivity index (χ0n) is 11.4. The number of rotatable bonds is 6. The summed E-state index contributed by atoms with van der Waals surface area (Å²) in [6, 6.07) is 0.424. The van der Waals surface area contributed by atoms with E-state index in [1.54, 1.807) is 0 Å². The van der Waals surface area contributed by atoms with Gasteiger partial charge in [0.1, 0.15) is 0 Å². The molecule has 0 radical (unpaired) electrons. The van der Waals surface area contributed by atoms with Crippen molar-refractivity contribution in [1.82, 2.24) is 15.0 Å². The highest BCUT2D eigenvalue weighted by Gasteiger charge is 2.12. The van der Waals surface area contributed by atoms with Gasteiger partial charge < -0.3 is 9.47 Å². The van der Waals surface area contributed by atoms with Gasteiger partial charge in [-0.1, -0.05) is 27.7 Å². The maximum atomic E-state index is 5.78. The summed E-state index contributed by atoms with van der Waals surface area (Å²) in [7, 11) is 0. The lowest BCUT2D eigenvalue weighted by atomic mass is 9.93. The van der Waals surface area contributed by atoms with Crippen LogP contribution < -0.4 is 9.47 Å². The van der Waals surface area contributed by atoms with Gasteiger partial charge in [-0.15, -0.1) is 4.98 Å². The number of aromatic nitrogens is 3. The van der Waals surface area contributed by atoms with E-state index >= 15 is 0 Å². The minimum absolute atomic E-state index is 0.0851. The third kappa shape index (κ3) is 6.00. The van der Waals surface area contributed by atoms with E-state index in [0.717, 1.165) is 12.8 Å². The molecule has 0 N–H and O–H groups in total. The first-order valence-electron chi connectivity index (χ1n) is 6.08. The van der Waals surface area contributed by atoms with E-state index in [9.17, 15) is 0 Å². The molecule has 0 fully saturated rings. The minimum Gasteiger partial charge on any atom is -0.463 e. The molecule has 0 saturated carbocycles. The quantitative estimate of drug-likeness (QED) is 0.797. The van der Waals surface area contributed by atoms with Gasteiger partial charge in [-0.25, -0.2) is 0 Å². The molecular formula is C12H20ClN3O2. The molecule has 0 aliphatic heterocycles. The summed E-state index contributed by atoms with van der Waals surface area (Å²) in [5, 5.41) is 0.0851. The first kappa shape index (κ1) is 15.0. The molecule has 0 saturated heterocycles. The van der Waals surface area contributed by atoms with Crippen molar-refractivity contribution >= 4 is 11.6 Å². The highest BCUT2D eigenvalue weighted by molar-refractivity contribution is 6.28. The van der Waals surface area contributed by atoms with Crippen LogP contribution in [0.5, 0.6) is 12.0 Å². The largest absolute Gasteiger partial charge is 0.463 e. The predicted molar refractivity (Wildman–Crippen MR) is 70.2 cm³/mol. The van der Waals surface area contributed by atoms with Crippen molar-refractivity contribution in [2.75, 3.05) is 13.2 Å². The van der Waals surface area contributed by atoms with Gasteiger partial charge in [-0.3, -0.25) is 0 Å². The second kappa shape index (κ2) is 6.73. The summed E-state index contributed by atoms with van der Waals surface area (Å²) in [6.45, 7) is 9.52. The van der Waals surface area contributed by atoms with Crippen LogP contribution in [0.15, 0.2) is 0 Å². The average molecular weight is 274 g/mol. The summed E-state index contributed by atoms with van der Waals surface area (Å²) in [4.78, 5) is 11.8. The summed E-state index contributed by atoms with van der Waals surface area (Å²) < 4.78 is 10.8. The Morgan fingerprint density at radius 2 is 1.56 bits per heavy atom. The van der Waals surface area contributed by atoms with Crippen molar-refractivity contribution in [1.29, 1.82) is 0 Å². The fourth-order valence-corrected chi connectivity index (χ4v) is 1.23. The SMILES string of the molecule is CCCOc1nc(Cl)nc(OCCC(C)(C)C)n1. The minimum atomic E-state index is 0.0851. The second-order valence-corrected chi connectivity index (χ2v) is 5.52. The highest BCUT2D eigenvalue weighted by Crippen LogP contribution is 2.19. The average Bonchev–Trinajstić information content (AvgIpc) is 2.24. The molecule has 1 heterocycles. The van der Waals surface area contributed by atoms with E-state index in [1.165, 1.54) is 0 Å². The molecule has 6 heteroatoms. The maximum absolute atomic E-state index is 5.78. The molecule has 0 spiro atoms. The lowest BCUT2D eigenvalue weighted by Crippen LogP contribution is -2.12. The topological polar surface area (TPSA) is 57.1 Å². The molecule has 0 amide bonds. The Kier molecular flexibility index (Phi) is 5.59. The van der Waals surface area contributed by atoms with Crippen LogP contribution in [0.2, 0.25) is 5.28 Å². The molecule has 0 unspecified atom stereocenters. The normalized spacial score (nSPS) is 11.4. The van der Waals surface area contributed by atoms with E-state index in [1.807, 2.05) is 6.92 Å². The van der Waals surface area contributed by atoms with Gasteiger partial charge in [0.2, 0.25) is 5.28 Å². The monoisotopic (exact) mass is 273 g/mol. The molecule has 5 nitrogen and oxygen atoms in total. The smallest absolute Gasteiger partial charge is 0.323 e. The zero-order chi connectivity index (χ0) is 13.6. The fourth-order valence-electron chi connectivity index (χ4n) is 1.09. The zero-order valence-corrected chi connectivity index (χ0v) is 12.1. The molecule has 0 atom stereocenters. The van der Waals surface area contributed by atoms with Crippen LogP contribution in [-0.2, 0) is 0 Å². The molecule has 0 bridgehead atoms. The Labute approximate surface area is 113 Å². The number of hydrogen-bond acceptors (Lipinski definition) is 5. The van der Waals surface area contributed by atoms with Crippen molar-refractivity contribution < 1.29 is 9.47 Å². The van der Waals surface area contributed by atoms with Gasteiger partial charge in [-0.05, 0) is 29.9 Å². The lowest BCUT2D eigenvalue weighted by molar-refractivity contribution is 0.221. The molecular weight excluding hydrogens is 254 g/mol. The van der Waals surface area contributed by atoms with Crippen LogP contribution in [0.4, 0.5) is 0 Å². The van der Waals surface area contributed by atoms with Gasteiger partial charge in [0, 0.05) is 0 Å². The molecule has 1 aromatic rings. The Hall–Kier alpha value is -1.10. The molecule has 1 aromatic heterocycles. The van der Waals surface area contributed by atoms with Crippen LogP contribution in [0.25, 0.3) is 0 Å². The van der Waals surface area contributed by atoms with Gasteiger partial charge in [0.05, 0.1) is 13.2 Å².